The largest absolute Gasteiger partial charge is 0.480 e. The lowest BCUT2D eigenvalue weighted by Crippen LogP contribution is -2.18. The minimum Gasteiger partial charge on any atom is -0.480 e. The maximum Gasteiger partial charge on any atom is 0.293 e. The van der Waals surface area contributed by atoms with Crippen LogP contribution in [0.5, 0.6) is 5.88 Å². The van der Waals surface area contributed by atoms with E-state index in [0.717, 1.165) is 10.6 Å². The van der Waals surface area contributed by atoms with E-state index < -0.39 is 21.4 Å². The summed E-state index contributed by atoms with van der Waals surface area (Å²) >= 11 is 6.02. The van der Waals surface area contributed by atoms with E-state index in [4.69, 9.17) is 16.3 Å². The molecule has 31 heavy (non-hydrogen) atoms. The third kappa shape index (κ3) is 3.94. The molecule has 0 amide bonds. The molecule has 8 nitrogen and oxygen atoms in total. The summed E-state index contributed by atoms with van der Waals surface area (Å²) in [7, 11) is -2.69. The van der Waals surface area contributed by atoms with E-state index in [1.54, 1.807) is 18.2 Å². The lowest BCUT2D eigenvalue weighted by molar-refractivity contribution is 0.400. The minimum absolute atomic E-state index is 0.0324. The second-order valence-corrected chi connectivity index (χ2v) is 8.43. The molecule has 0 saturated carbocycles. The topological polar surface area (TPSA) is 103 Å². The van der Waals surface area contributed by atoms with Crippen LogP contribution in [0.2, 0.25) is 5.02 Å². The molecule has 1 N–H and O–H groups in total. The second kappa shape index (κ2) is 7.97. The second-order valence-electron chi connectivity index (χ2n) is 6.37. The van der Waals surface area contributed by atoms with Gasteiger partial charge in [0.05, 0.1) is 18.3 Å². The zero-order chi connectivity index (χ0) is 22.2. The van der Waals surface area contributed by atoms with E-state index in [-0.39, 0.29) is 27.1 Å². The van der Waals surface area contributed by atoms with E-state index in [2.05, 4.69) is 14.7 Å². The Morgan fingerprint density at radius 2 is 1.87 bits per heavy atom. The summed E-state index contributed by atoms with van der Waals surface area (Å²) in [5.74, 6) is -0.958. The summed E-state index contributed by atoms with van der Waals surface area (Å²) in [6, 6.07) is 10.7. The molecule has 3 aromatic heterocycles. The number of rotatable bonds is 5. The standard InChI is InChI=1S/C20H14ClFN4O4S/c1-30-19-16(25-31(28,29)17-5-3-2-4-14(17)21)8-13(9-24-19)12-6-7-18-23-10-15(22)20(27)26(18)11-12/h2-11,25H,1H3. The van der Waals surface area contributed by atoms with Crippen LogP contribution < -0.4 is 15.0 Å². The van der Waals surface area contributed by atoms with Crippen LogP contribution in [-0.4, -0.2) is 29.9 Å². The van der Waals surface area contributed by atoms with E-state index >= 15 is 0 Å². The summed E-state index contributed by atoms with van der Waals surface area (Å²) in [6.07, 6.45) is 3.68. The van der Waals surface area contributed by atoms with Crippen molar-refractivity contribution in [2.45, 2.75) is 4.90 Å². The van der Waals surface area contributed by atoms with Gasteiger partial charge in [0.25, 0.3) is 15.6 Å². The van der Waals surface area contributed by atoms with Crippen molar-refractivity contribution >= 4 is 33.0 Å². The zero-order valence-corrected chi connectivity index (χ0v) is 17.5. The number of hydrogen-bond acceptors (Lipinski definition) is 6. The fraction of sp³-hybridized carbons (Fsp3) is 0.0500. The molecule has 0 aliphatic rings. The van der Waals surface area contributed by atoms with Crippen molar-refractivity contribution in [2.75, 3.05) is 11.8 Å². The molecule has 0 saturated heterocycles. The molecule has 0 fully saturated rings. The highest BCUT2D eigenvalue weighted by atomic mass is 35.5. The van der Waals surface area contributed by atoms with E-state index in [1.165, 1.54) is 43.8 Å². The third-order valence-corrected chi connectivity index (χ3v) is 6.27. The highest BCUT2D eigenvalue weighted by molar-refractivity contribution is 7.92. The van der Waals surface area contributed by atoms with E-state index in [1.807, 2.05) is 0 Å². The number of benzene rings is 1. The van der Waals surface area contributed by atoms with Crippen LogP contribution in [0.15, 0.2) is 70.7 Å². The molecule has 11 heteroatoms. The highest BCUT2D eigenvalue weighted by Crippen LogP contribution is 2.31. The van der Waals surface area contributed by atoms with Crippen molar-refractivity contribution in [3.05, 3.63) is 82.2 Å². The van der Waals surface area contributed by atoms with Gasteiger partial charge in [0.1, 0.15) is 16.2 Å². The molecule has 3 heterocycles. The number of nitrogens with zero attached hydrogens (tertiary/aromatic N) is 3. The number of nitrogens with one attached hydrogen (secondary N) is 1. The summed E-state index contributed by atoms with van der Waals surface area (Å²) in [5, 5.41) is 0.0570. The van der Waals surface area contributed by atoms with Gasteiger partial charge in [-0.05, 0) is 30.3 Å². The summed E-state index contributed by atoms with van der Waals surface area (Å²) in [4.78, 5) is 19.9. The normalized spacial score (nSPS) is 11.5. The summed E-state index contributed by atoms with van der Waals surface area (Å²) < 4.78 is 47.9. The van der Waals surface area contributed by atoms with Crippen LogP contribution >= 0.6 is 11.6 Å². The highest BCUT2D eigenvalue weighted by Gasteiger charge is 2.20. The lowest BCUT2D eigenvalue weighted by atomic mass is 10.1. The molecule has 158 valence electrons. The van der Waals surface area contributed by atoms with Gasteiger partial charge in [-0.25, -0.2) is 18.4 Å². The number of pyridine rings is 2. The van der Waals surface area contributed by atoms with Gasteiger partial charge in [-0.15, -0.1) is 0 Å². The molecule has 0 spiro atoms. The first-order valence-electron chi connectivity index (χ1n) is 8.79. The Morgan fingerprint density at radius 3 is 2.61 bits per heavy atom. The molecule has 0 radical (unpaired) electrons. The van der Waals surface area contributed by atoms with Crippen LogP contribution in [0, 0.1) is 5.82 Å². The molecule has 0 aliphatic carbocycles. The quantitative estimate of drug-likeness (QED) is 0.490. The van der Waals surface area contributed by atoms with Gasteiger partial charge in [-0.3, -0.25) is 13.9 Å². The average molecular weight is 461 g/mol. The van der Waals surface area contributed by atoms with Gasteiger partial charge in [0.2, 0.25) is 11.7 Å². The average Bonchev–Trinajstić information content (AvgIpc) is 2.76. The number of methoxy groups -OCH3 is 1. The summed E-state index contributed by atoms with van der Waals surface area (Å²) in [6.45, 7) is 0. The van der Waals surface area contributed by atoms with Crippen LogP contribution in [0.4, 0.5) is 10.1 Å². The smallest absolute Gasteiger partial charge is 0.293 e. The first-order valence-corrected chi connectivity index (χ1v) is 10.6. The first kappa shape index (κ1) is 20.8. The first-order chi connectivity index (χ1) is 14.8. The molecule has 0 aliphatic heterocycles. The van der Waals surface area contributed by atoms with Gasteiger partial charge >= 0.3 is 0 Å². The number of fused-ring (bicyclic) bond motifs is 1. The van der Waals surface area contributed by atoms with Gasteiger partial charge in [-0.1, -0.05) is 23.7 Å². The number of halogens is 2. The number of hydrogen-bond donors (Lipinski definition) is 1. The Balaban J connectivity index is 1.80. The zero-order valence-electron chi connectivity index (χ0n) is 15.9. The molecule has 4 rings (SSSR count). The Kier molecular flexibility index (Phi) is 5.34. The fourth-order valence-electron chi connectivity index (χ4n) is 2.93. The van der Waals surface area contributed by atoms with Crippen molar-refractivity contribution in [3.8, 4) is 17.0 Å². The maximum absolute atomic E-state index is 13.6. The van der Waals surface area contributed by atoms with Gasteiger partial charge in [0.15, 0.2) is 0 Å². The molecular weight excluding hydrogens is 447 g/mol. The molecule has 4 aromatic rings. The number of ether oxygens (including phenoxy) is 1. The van der Waals surface area contributed by atoms with Gasteiger partial charge < -0.3 is 4.74 Å². The Labute approximate surface area is 181 Å². The molecule has 0 bridgehead atoms. The Morgan fingerprint density at radius 1 is 1.10 bits per heavy atom. The number of aromatic nitrogens is 3. The van der Waals surface area contributed by atoms with Crippen molar-refractivity contribution in [2.24, 2.45) is 0 Å². The maximum atomic E-state index is 13.6. The molecule has 0 unspecified atom stereocenters. The van der Waals surface area contributed by atoms with Crippen LogP contribution in [0.25, 0.3) is 16.8 Å². The monoisotopic (exact) mass is 460 g/mol. The number of anilines is 1. The third-order valence-electron chi connectivity index (χ3n) is 4.41. The number of sulfonamides is 1. The predicted octanol–water partition coefficient (Wildman–Crippen LogP) is 3.36. The molecular formula is C20H14ClFN4O4S. The minimum atomic E-state index is -4.04. The van der Waals surface area contributed by atoms with Crippen molar-refractivity contribution in [1.29, 1.82) is 0 Å². The SMILES string of the molecule is COc1ncc(-c2ccc3ncc(F)c(=O)n3c2)cc1NS(=O)(=O)c1ccccc1Cl. The van der Waals surface area contributed by atoms with Crippen molar-refractivity contribution in [1.82, 2.24) is 14.4 Å². The van der Waals surface area contributed by atoms with Crippen molar-refractivity contribution in [3.63, 3.8) is 0 Å². The van der Waals surface area contributed by atoms with Crippen LogP contribution in [-0.2, 0) is 10.0 Å². The Hall–Kier alpha value is -3.50. The van der Waals surface area contributed by atoms with Gasteiger partial charge in [-0.2, -0.15) is 4.39 Å². The van der Waals surface area contributed by atoms with Crippen molar-refractivity contribution < 1.29 is 17.5 Å². The fourth-order valence-corrected chi connectivity index (χ4v) is 4.50. The van der Waals surface area contributed by atoms with Gasteiger partial charge in [0, 0.05) is 23.5 Å². The van der Waals surface area contributed by atoms with Crippen LogP contribution in [0.1, 0.15) is 0 Å². The lowest BCUT2D eigenvalue weighted by Gasteiger charge is -2.13. The van der Waals surface area contributed by atoms with Crippen LogP contribution in [0.3, 0.4) is 0 Å². The predicted molar refractivity (Wildman–Crippen MR) is 113 cm³/mol. The van der Waals surface area contributed by atoms with E-state index in [9.17, 15) is 17.6 Å². The molecule has 0 atom stereocenters. The Bertz CT molecular complexity index is 1470. The molecule has 1 aromatic carbocycles. The summed E-state index contributed by atoms with van der Waals surface area (Å²) in [5.41, 5.74) is 0.403. The van der Waals surface area contributed by atoms with E-state index in [0.29, 0.717) is 11.1 Å².